The van der Waals surface area contributed by atoms with Gasteiger partial charge in [0.15, 0.2) is 17.3 Å². The first-order chi connectivity index (χ1) is 14.9. The Morgan fingerprint density at radius 1 is 1.32 bits per heavy atom. The molecule has 3 rings (SSSR count). The molecule has 0 saturated carbocycles. The van der Waals surface area contributed by atoms with Crippen molar-refractivity contribution in [2.45, 2.75) is 6.04 Å². The maximum Gasteiger partial charge on any atom is 0.290 e. The molecule has 1 aliphatic heterocycles. The number of carbonyl (C=O) groups is 2. The Bertz CT molecular complexity index is 997. The largest absolute Gasteiger partial charge is 0.503 e. The van der Waals surface area contributed by atoms with Gasteiger partial charge in [-0.15, -0.1) is 11.3 Å². The van der Waals surface area contributed by atoms with Crippen LogP contribution in [0.3, 0.4) is 0 Å². The van der Waals surface area contributed by atoms with E-state index in [2.05, 4.69) is 6.58 Å². The SMILES string of the molecule is C=CCOc1ccc([C@H]2C(C(=O)c3cccs3)=C(O)C(=O)N2CCN(C)C)cc1OC. The standard InChI is InChI=1S/C23H26N2O5S/c1-5-12-30-16-9-8-15(14-17(16)29-4)20-19(21(26)18-7-6-13-31-18)22(27)23(28)25(20)11-10-24(2)3/h5-9,13-14,20,27H,1,10-12H2,2-4H3/t20-/m0/s1. The van der Waals surface area contributed by atoms with Crippen molar-refractivity contribution in [3.05, 3.63) is 70.1 Å². The van der Waals surface area contributed by atoms with E-state index in [1.54, 1.807) is 41.8 Å². The van der Waals surface area contributed by atoms with Crippen molar-refractivity contribution in [3.8, 4) is 11.5 Å². The van der Waals surface area contributed by atoms with Gasteiger partial charge < -0.3 is 24.4 Å². The van der Waals surface area contributed by atoms with Crippen molar-refractivity contribution in [2.75, 3.05) is 40.9 Å². The number of Topliss-reactive ketones (excluding diaryl/α,β-unsaturated/α-hetero) is 1. The third-order valence-corrected chi connectivity index (χ3v) is 5.81. The van der Waals surface area contributed by atoms with Gasteiger partial charge in [0.05, 0.1) is 23.6 Å². The number of aliphatic hydroxyl groups excluding tert-OH is 1. The fourth-order valence-electron chi connectivity index (χ4n) is 3.43. The van der Waals surface area contributed by atoms with Gasteiger partial charge in [-0.1, -0.05) is 24.8 Å². The number of thiophene rings is 1. The summed E-state index contributed by atoms with van der Waals surface area (Å²) in [6.45, 7) is 4.88. The van der Waals surface area contributed by atoms with E-state index >= 15 is 0 Å². The predicted octanol–water partition coefficient (Wildman–Crippen LogP) is 3.46. The summed E-state index contributed by atoms with van der Waals surface area (Å²) in [5, 5.41) is 12.5. The quantitative estimate of drug-likeness (QED) is 0.448. The number of likely N-dealkylation sites (N-methyl/N-ethyl adjacent to an activating group) is 1. The highest BCUT2D eigenvalue weighted by Gasteiger charge is 2.44. The summed E-state index contributed by atoms with van der Waals surface area (Å²) in [7, 11) is 5.32. The van der Waals surface area contributed by atoms with Crippen molar-refractivity contribution in [3.63, 3.8) is 0 Å². The number of aliphatic hydroxyl groups is 1. The molecule has 0 saturated heterocycles. The number of ether oxygens (including phenoxy) is 2. The first-order valence-electron chi connectivity index (χ1n) is 9.77. The molecule has 0 aliphatic carbocycles. The van der Waals surface area contributed by atoms with Crippen molar-refractivity contribution in [1.82, 2.24) is 9.80 Å². The lowest BCUT2D eigenvalue weighted by atomic mass is 9.95. The van der Waals surface area contributed by atoms with Gasteiger partial charge in [0.25, 0.3) is 5.91 Å². The first-order valence-corrected chi connectivity index (χ1v) is 10.7. The smallest absolute Gasteiger partial charge is 0.290 e. The van der Waals surface area contributed by atoms with Crippen molar-refractivity contribution in [1.29, 1.82) is 0 Å². The summed E-state index contributed by atoms with van der Waals surface area (Å²) in [4.78, 5) is 30.1. The molecule has 1 amide bonds. The molecule has 0 bridgehead atoms. The number of carbonyl (C=O) groups excluding carboxylic acids is 2. The Balaban J connectivity index is 2.07. The number of ketones is 1. The molecule has 1 aromatic heterocycles. The van der Waals surface area contributed by atoms with Gasteiger partial charge in [0.1, 0.15) is 6.61 Å². The van der Waals surface area contributed by atoms with E-state index < -0.39 is 17.7 Å². The zero-order valence-electron chi connectivity index (χ0n) is 17.8. The predicted molar refractivity (Wildman–Crippen MR) is 120 cm³/mol. The van der Waals surface area contributed by atoms with E-state index in [-0.39, 0.29) is 11.4 Å². The Labute approximate surface area is 185 Å². The average Bonchev–Trinajstić information content (AvgIpc) is 3.38. The molecule has 0 spiro atoms. The van der Waals surface area contributed by atoms with Crippen LogP contribution in [0.15, 0.2) is 59.7 Å². The van der Waals surface area contributed by atoms with Crippen LogP contribution in [-0.2, 0) is 4.79 Å². The van der Waals surface area contributed by atoms with Gasteiger partial charge in [0.2, 0.25) is 5.78 Å². The molecule has 8 heteroatoms. The van der Waals surface area contributed by atoms with Crippen LogP contribution in [0.4, 0.5) is 0 Å². The van der Waals surface area contributed by atoms with Crippen LogP contribution in [0.25, 0.3) is 0 Å². The average molecular weight is 443 g/mol. The van der Waals surface area contributed by atoms with Crippen LogP contribution >= 0.6 is 11.3 Å². The summed E-state index contributed by atoms with van der Waals surface area (Å²) < 4.78 is 11.1. The lowest BCUT2D eigenvalue weighted by Gasteiger charge is -2.28. The maximum atomic E-state index is 13.2. The molecule has 0 radical (unpaired) electrons. The minimum atomic E-state index is -0.732. The van der Waals surface area contributed by atoms with Crippen LogP contribution in [0.2, 0.25) is 0 Å². The molecule has 164 valence electrons. The van der Waals surface area contributed by atoms with Crippen molar-refractivity contribution < 1.29 is 24.2 Å². The number of amides is 1. The fourth-order valence-corrected chi connectivity index (χ4v) is 4.11. The Morgan fingerprint density at radius 2 is 2.10 bits per heavy atom. The van der Waals surface area contributed by atoms with Crippen LogP contribution in [0, 0.1) is 0 Å². The van der Waals surface area contributed by atoms with E-state index in [0.29, 0.717) is 41.6 Å². The monoisotopic (exact) mass is 442 g/mol. The Kier molecular flexibility index (Phi) is 7.14. The molecule has 2 aromatic rings. The first kappa shape index (κ1) is 22.6. The second-order valence-corrected chi connectivity index (χ2v) is 8.23. The summed E-state index contributed by atoms with van der Waals surface area (Å²) in [6.07, 6.45) is 1.63. The number of nitrogens with zero attached hydrogens (tertiary/aromatic N) is 2. The van der Waals surface area contributed by atoms with E-state index in [1.807, 2.05) is 19.0 Å². The zero-order valence-corrected chi connectivity index (χ0v) is 18.6. The Morgan fingerprint density at radius 3 is 2.71 bits per heavy atom. The number of benzene rings is 1. The topological polar surface area (TPSA) is 79.3 Å². The summed E-state index contributed by atoms with van der Waals surface area (Å²) in [6, 6.07) is 7.96. The molecule has 0 fully saturated rings. The molecule has 1 aromatic carbocycles. The van der Waals surface area contributed by atoms with Gasteiger partial charge in [-0.2, -0.15) is 0 Å². The van der Waals surface area contributed by atoms with Crippen molar-refractivity contribution in [2.24, 2.45) is 0 Å². The molecule has 7 nitrogen and oxygen atoms in total. The van der Waals surface area contributed by atoms with E-state index in [1.165, 1.54) is 23.3 Å². The lowest BCUT2D eigenvalue weighted by Crippen LogP contribution is -2.36. The minimum absolute atomic E-state index is 0.0769. The molecule has 2 heterocycles. The molecular weight excluding hydrogens is 416 g/mol. The molecule has 0 unspecified atom stereocenters. The van der Waals surface area contributed by atoms with Gasteiger partial charge in [-0.05, 0) is 43.2 Å². The van der Waals surface area contributed by atoms with Gasteiger partial charge in [-0.25, -0.2) is 0 Å². The van der Waals surface area contributed by atoms with Crippen LogP contribution < -0.4 is 9.47 Å². The van der Waals surface area contributed by atoms with Gasteiger partial charge in [-0.3, -0.25) is 9.59 Å². The second-order valence-electron chi connectivity index (χ2n) is 7.28. The maximum absolute atomic E-state index is 13.2. The van der Waals surface area contributed by atoms with Gasteiger partial charge >= 0.3 is 0 Å². The number of methoxy groups -OCH3 is 1. The summed E-state index contributed by atoms with van der Waals surface area (Å²) in [5.74, 6) is -0.432. The fraction of sp³-hybridized carbons (Fsp3) is 0.304. The number of rotatable bonds is 10. The highest BCUT2D eigenvalue weighted by molar-refractivity contribution is 7.12. The molecular formula is C23H26N2O5S. The highest BCUT2D eigenvalue weighted by atomic mass is 32.1. The highest BCUT2D eigenvalue weighted by Crippen LogP contribution is 2.41. The van der Waals surface area contributed by atoms with E-state index in [9.17, 15) is 14.7 Å². The van der Waals surface area contributed by atoms with Crippen molar-refractivity contribution >= 4 is 23.0 Å². The lowest BCUT2D eigenvalue weighted by molar-refractivity contribution is -0.129. The third kappa shape index (κ3) is 4.65. The summed E-state index contributed by atoms with van der Waals surface area (Å²) in [5.41, 5.74) is 0.729. The molecule has 1 N–H and O–H groups in total. The van der Waals surface area contributed by atoms with Crippen LogP contribution in [-0.4, -0.2) is 67.5 Å². The normalized spacial score (nSPS) is 16.2. The third-order valence-electron chi connectivity index (χ3n) is 4.94. The van der Waals surface area contributed by atoms with E-state index in [4.69, 9.17) is 9.47 Å². The van der Waals surface area contributed by atoms with Gasteiger partial charge in [0, 0.05) is 13.1 Å². The summed E-state index contributed by atoms with van der Waals surface area (Å²) >= 11 is 1.27. The molecule has 31 heavy (non-hydrogen) atoms. The minimum Gasteiger partial charge on any atom is -0.503 e. The van der Waals surface area contributed by atoms with E-state index in [0.717, 1.165) is 0 Å². The van der Waals surface area contributed by atoms with Crippen LogP contribution in [0.1, 0.15) is 21.3 Å². The molecule has 1 aliphatic rings. The van der Waals surface area contributed by atoms with Crippen LogP contribution in [0.5, 0.6) is 11.5 Å². The number of hydrogen-bond acceptors (Lipinski definition) is 7. The molecule has 1 atom stereocenters. The Hall–Kier alpha value is -3.10. The zero-order chi connectivity index (χ0) is 22.5. The second kappa shape index (κ2) is 9.80. The number of hydrogen-bond donors (Lipinski definition) is 1.